The normalized spacial score (nSPS) is 25.6. The molecule has 126 valence electrons. The Morgan fingerprint density at radius 3 is 2.92 bits per heavy atom. The summed E-state index contributed by atoms with van der Waals surface area (Å²) in [6, 6.07) is 17.7. The Balaban J connectivity index is 1.58. The molecule has 2 aromatic rings. The van der Waals surface area contributed by atoms with Crippen LogP contribution in [0.5, 0.6) is 5.75 Å². The van der Waals surface area contributed by atoms with Crippen LogP contribution in [0.2, 0.25) is 0 Å². The van der Waals surface area contributed by atoms with Gasteiger partial charge in [-0.15, -0.1) is 0 Å². The summed E-state index contributed by atoms with van der Waals surface area (Å²) in [5.74, 6) is 0.967. The number of rotatable bonds is 4. The van der Waals surface area contributed by atoms with Crippen LogP contribution in [-0.4, -0.2) is 19.7 Å². The van der Waals surface area contributed by atoms with Gasteiger partial charge in [-0.1, -0.05) is 42.5 Å². The summed E-state index contributed by atoms with van der Waals surface area (Å²) in [5, 5.41) is 7.72. The van der Waals surface area contributed by atoms with Gasteiger partial charge in [0.15, 0.2) is 0 Å². The average Bonchev–Trinajstić information content (AvgIpc) is 3.01. The fraction of sp³-hybridized carbons (Fsp3) is 0.429. The topological polar surface area (TPSA) is 33.3 Å². The summed E-state index contributed by atoms with van der Waals surface area (Å²) in [5.41, 5.74) is 4.34. The quantitative estimate of drug-likeness (QED) is 0.905. The van der Waals surface area contributed by atoms with E-state index in [4.69, 9.17) is 4.74 Å². The molecule has 0 bridgehead atoms. The molecule has 0 aromatic heterocycles. The minimum atomic E-state index is 0.0941. The lowest BCUT2D eigenvalue weighted by Gasteiger charge is -2.44. The molecule has 0 unspecified atom stereocenters. The van der Waals surface area contributed by atoms with E-state index in [0.717, 1.165) is 18.8 Å². The summed E-state index contributed by atoms with van der Waals surface area (Å²) >= 11 is 0. The number of aryl methyl sites for hydroxylation is 1. The summed E-state index contributed by atoms with van der Waals surface area (Å²) in [7, 11) is 1.75. The average molecular weight is 322 g/mol. The molecule has 0 amide bonds. The molecule has 1 aliphatic carbocycles. The van der Waals surface area contributed by atoms with E-state index in [2.05, 4.69) is 47.0 Å². The number of para-hydroxylation sites is 1. The predicted octanol–water partition coefficient (Wildman–Crippen LogP) is 3.38. The third-order valence-corrected chi connectivity index (χ3v) is 5.72. The van der Waals surface area contributed by atoms with Crippen molar-refractivity contribution < 1.29 is 4.74 Å². The molecule has 1 heterocycles. The van der Waals surface area contributed by atoms with Gasteiger partial charge in [-0.2, -0.15) is 0 Å². The molecule has 1 spiro atoms. The van der Waals surface area contributed by atoms with Crippen molar-refractivity contribution in [2.45, 2.75) is 43.8 Å². The van der Waals surface area contributed by atoms with Crippen molar-refractivity contribution in [2.24, 2.45) is 0 Å². The molecule has 0 radical (unpaired) electrons. The maximum Gasteiger partial charge on any atom is 0.123 e. The Morgan fingerprint density at radius 1 is 1.17 bits per heavy atom. The Labute approximate surface area is 144 Å². The largest absolute Gasteiger partial charge is 0.496 e. The highest BCUT2D eigenvalue weighted by Crippen LogP contribution is 2.42. The van der Waals surface area contributed by atoms with E-state index in [0.29, 0.717) is 6.04 Å². The number of fused-ring (bicyclic) bond motifs is 2. The molecular weight excluding hydrogens is 296 g/mol. The molecule has 1 fully saturated rings. The number of ether oxygens (including phenoxy) is 1. The zero-order valence-corrected chi connectivity index (χ0v) is 14.3. The van der Waals surface area contributed by atoms with Crippen LogP contribution in [0.1, 0.15) is 36.0 Å². The first-order valence-corrected chi connectivity index (χ1v) is 9.02. The van der Waals surface area contributed by atoms with Crippen molar-refractivity contribution >= 4 is 0 Å². The van der Waals surface area contributed by atoms with Crippen LogP contribution in [0.3, 0.4) is 0 Å². The second-order valence-corrected chi connectivity index (χ2v) is 6.94. The van der Waals surface area contributed by atoms with Gasteiger partial charge in [0.25, 0.3) is 0 Å². The van der Waals surface area contributed by atoms with Gasteiger partial charge in [0.05, 0.1) is 12.6 Å². The standard InChI is InChI=1S/C21H26N2O/c1-24-19-10-5-3-8-17(19)15-22-20-11-6-14-23-21(20)13-12-16-7-2-4-9-18(16)21/h2-5,7-10,20,22-23H,6,11-15H2,1H3/t20-,21-/m0/s1. The van der Waals surface area contributed by atoms with Gasteiger partial charge >= 0.3 is 0 Å². The van der Waals surface area contributed by atoms with Crippen molar-refractivity contribution in [1.82, 2.24) is 10.6 Å². The number of nitrogens with one attached hydrogen (secondary N) is 2. The summed E-state index contributed by atoms with van der Waals surface area (Å²) in [6.07, 6.45) is 4.82. The van der Waals surface area contributed by atoms with Gasteiger partial charge in [0, 0.05) is 18.2 Å². The fourth-order valence-electron chi connectivity index (χ4n) is 4.53. The third-order valence-electron chi connectivity index (χ3n) is 5.72. The molecule has 2 aliphatic rings. The lowest BCUT2D eigenvalue weighted by Crippen LogP contribution is -2.59. The van der Waals surface area contributed by atoms with Crippen LogP contribution in [0, 0.1) is 0 Å². The molecule has 1 aliphatic heterocycles. The number of piperidine rings is 1. The zero-order chi connectivity index (χ0) is 16.4. The lowest BCUT2D eigenvalue weighted by molar-refractivity contribution is 0.181. The fourth-order valence-corrected chi connectivity index (χ4v) is 4.53. The number of benzene rings is 2. The maximum absolute atomic E-state index is 5.50. The molecule has 2 aromatic carbocycles. The molecule has 1 saturated heterocycles. The third kappa shape index (κ3) is 2.62. The number of hydrogen-bond donors (Lipinski definition) is 2. The second-order valence-electron chi connectivity index (χ2n) is 6.94. The number of hydrogen-bond acceptors (Lipinski definition) is 3. The van der Waals surface area contributed by atoms with Crippen molar-refractivity contribution in [3.05, 3.63) is 65.2 Å². The van der Waals surface area contributed by atoms with E-state index in [9.17, 15) is 0 Å². The maximum atomic E-state index is 5.50. The summed E-state index contributed by atoms with van der Waals surface area (Å²) in [6.45, 7) is 1.96. The highest BCUT2D eigenvalue weighted by atomic mass is 16.5. The summed E-state index contributed by atoms with van der Waals surface area (Å²) in [4.78, 5) is 0. The Kier molecular flexibility index (Phi) is 4.30. The Bertz CT molecular complexity index is 710. The van der Waals surface area contributed by atoms with E-state index < -0.39 is 0 Å². The van der Waals surface area contributed by atoms with Crippen LogP contribution in [0.25, 0.3) is 0 Å². The van der Waals surface area contributed by atoms with Crippen LogP contribution in [0.15, 0.2) is 48.5 Å². The van der Waals surface area contributed by atoms with Gasteiger partial charge in [0.1, 0.15) is 5.75 Å². The van der Waals surface area contributed by atoms with Crippen molar-refractivity contribution in [2.75, 3.05) is 13.7 Å². The van der Waals surface area contributed by atoms with E-state index >= 15 is 0 Å². The summed E-state index contributed by atoms with van der Waals surface area (Å²) < 4.78 is 5.50. The van der Waals surface area contributed by atoms with E-state index in [1.165, 1.54) is 42.4 Å². The van der Waals surface area contributed by atoms with Gasteiger partial charge in [-0.25, -0.2) is 0 Å². The van der Waals surface area contributed by atoms with Gasteiger partial charge in [0.2, 0.25) is 0 Å². The van der Waals surface area contributed by atoms with Gasteiger partial charge in [-0.05, 0) is 49.4 Å². The monoisotopic (exact) mass is 322 g/mol. The molecule has 2 N–H and O–H groups in total. The first-order chi connectivity index (χ1) is 11.8. The molecule has 0 saturated carbocycles. The smallest absolute Gasteiger partial charge is 0.123 e. The van der Waals surface area contributed by atoms with Gasteiger partial charge in [-0.3, -0.25) is 0 Å². The van der Waals surface area contributed by atoms with Crippen LogP contribution in [0.4, 0.5) is 0 Å². The Morgan fingerprint density at radius 2 is 2.00 bits per heavy atom. The van der Waals surface area contributed by atoms with Crippen molar-refractivity contribution in [1.29, 1.82) is 0 Å². The SMILES string of the molecule is COc1ccccc1CN[C@H]1CCCN[C@]12CCc1ccccc12. The number of methoxy groups -OCH3 is 1. The zero-order valence-electron chi connectivity index (χ0n) is 14.3. The van der Waals surface area contributed by atoms with Crippen molar-refractivity contribution in [3.8, 4) is 5.75 Å². The molecule has 3 nitrogen and oxygen atoms in total. The molecule has 24 heavy (non-hydrogen) atoms. The van der Waals surface area contributed by atoms with E-state index in [1.54, 1.807) is 7.11 Å². The van der Waals surface area contributed by atoms with Crippen LogP contribution < -0.4 is 15.4 Å². The molecule has 2 atom stereocenters. The first kappa shape index (κ1) is 15.7. The molecular formula is C21H26N2O. The highest BCUT2D eigenvalue weighted by Gasteiger charge is 2.45. The molecule has 4 rings (SSSR count). The first-order valence-electron chi connectivity index (χ1n) is 9.02. The Hall–Kier alpha value is -1.84. The van der Waals surface area contributed by atoms with E-state index in [-0.39, 0.29) is 5.54 Å². The predicted molar refractivity (Wildman–Crippen MR) is 97.3 cm³/mol. The molecule has 3 heteroatoms. The van der Waals surface area contributed by atoms with Crippen LogP contribution >= 0.6 is 0 Å². The van der Waals surface area contributed by atoms with Gasteiger partial charge < -0.3 is 15.4 Å². The van der Waals surface area contributed by atoms with Crippen LogP contribution in [-0.2, 0) is 18.5 Å². The second kappa shape index (κ2) is 6.58. The minimum absolute atomic E-state index is 0.0941. The van der Waals surface area contributed by atoms with E-state index in [1.807, 2.05) is 12.1 Å². The van der Waals surface area contributed by atoms with Crippen molar-refractivity contribution in [3.63, 3.8) is 0 Å². The lowest BCUT2D eigenvalue weighted by atomic mass is 9.79. The minimum Gasteiger partial charge on any atom is -0.496 e. The highest BCUT2D eigenvalue weighted by molar-refractivity contribution is 5.41.